The van der Waals surface area contributed by atoms with Crippen LogP contribution in [0.5, 0.6) is 0 Å². The third-order valence-electron chi connectivity index (χ3n) is 2.46. The molecule has 0 unspecified atom stereocenters. The van der Waals surface area contributed by atoms with Crippen molar-refractivity contribution in [2.75, 3.05) is 6.61 Å². The largest absolute Gasteiger partial charge is 0.461 e. The third-order valence-corrected chi connectivity index (χ3v) is 2.46. The van der Waals surface area contributed by atoms with Gasteiger partial charge in [0.25, 0.3) is 0 Å². The van der Waals surface area contributed by atoms with E-state index in [1.54, 1.807) is 0 Å². The first-order valence-corrected chi connectivity index (χ1v) is 5.71. The van der Waals surface area contributed by atoms with Crippen LogP contribution in [0.25, 0.3) is 0 Å². The predicted octanol–water partition coefficient (Wildman–Crippen LogP) is 0.588. The second-order valence-corrected chi connectivity index (χ2v) is 3.94. The molecule has 1 atom stereocenters. The van der Waals surface area contributed by atoms with Crippen LogP contribution in [0.3, 0.4) is 0 Å². The molecule has 100 valence electrons. The summed E-state index contributed by atoms with van der Waals surface area (Å²) in [7, 11) is 0. The second-order valence-electron chi connectivity index (χ2n) is 3.94. The number of carbonyl (C=O) groups is 3. The van der Waals surface area contributed by atoms with Crippen molar-refractivity contribution in [1.29, 1.82) is 0 Å². The van der Waals surface area contributed by atoms with Gasteiger partial charge in [-0.15, -0.1) is 0 Å². The number of rotatable bonds is 4. The zero-order chi connectivity index (χ0) is 13.7. The van der Waals surface area contributed by atoms with Crippen LogP contribution in [0.15, 0.2) is 30.3 Å². The monoisotopic (exact) mass is 264 g/mol. The van der Waals surface area contributed by atoms with E-state index in [1.165, 1.54) is 0 Å². The predicted molar refractivity (Wildman–Crippen MR) is 61.7 cm³/mol. The lowest BCUT2D eigenvalue weighted by Gasteiger charge is -2.20. The van der Waals surface area contributed by atoms with E-state index in [0.717, 1.165) is 5.56 Å². The van der Waals surface area contributed by atoms with Gasteiger partial charge >= 0.3 is 17.9 Å². The maximum atomic E-state index is 11.5. The molecule has 1 saturated heterocycles. The highest BCUT2D eigenvalue weighted by Crippen LogP contribution is 2.10. The lowest BCUT2D eigenvalue weighted by atomic mass is 10.2. The fraction of sp³-hybridized carbons (Fsp3) is 0.308. The van der Waals surface area contributed by atoms with E-state index < -0.39 is 30.6 Å². The van der Waals surface area contributed by atoms with Gasteiger partial charge in [0, 0.05) is 0 Å². The molecule has 0 saturated carbocycles. The van der Waals surface area contributed by atoms with Crippen LogP contribution < -0.4 is 0 Å². The topological polar surface area (TPSA) is 78.9 Å². The van der Waals surface area contributed by atoms with Crippen molar-refractivity contribution in [3.63, 3.8) is 0 Å². The first-order chi connectivity index (χ1) is 9.15. The minimum absolute atomic E-state index is 0.107. The second kappa shape index (κ2) is 5.99. The molecule has 1 fully saturated rings. The third kappa shape index (κ3) is 3.80. The number of ether oxygens (including phenoxy) is 3. The Morgan fingerprint density at radius 3 is 2.74 bits per heavy atom. The first-order valence-electron chi connectivity index (χ1n) is 5.71. The number of esters is 3. The smallest absolute Gasteiger partial charge is 0.348 e. The van der Waals surface area contributed by atoms with Gasteiger partial charge in [-0.1, -0.05) is 30.3 Å². The highest BCUT2D eigenvalue weighted by Gasteiger charge is 2.32. The van der Waals surface area contributed by atoms with E-state index >= 15 is 0 Å². The molecule has 0 radical (unpaired) electrons. The van der Waals surface area contributed by atoms with Gasteiger partial charge in [-0.2, -0.15) is 0 Å². The van der Waals surface area contributed by atoms with Gasteiger partial charge in [0.05, 0.1) is 6.42 Å². The number of cyclic esters (lactones) is 2. The molecule has 0 bridgehead atoms. The van der Waals surface area contributed by atoms with Crippen LogP contribution in [-0.4, -0.2) is 30.6 Å². The minimum Gasteiger partial charge on any atom is -0.461 e. The van der Waals surface area contributed by atoms with Crippen LogP contribution in [0.2, 0.25) is 0 Å². The highest BCUT2D eigenvalue weighted by molar-refractivity contribution is 5.88. The molecule has 1 aromatic rings. The average Bonchev–Trinajstić information content (AvgIpc) is 2.42. The molecule has 1 aliphatic rings. The van der Waals surface area contributed by atoms with E-state index in [9.17, 15) is 14.4 Å². The Balaban J connectivity index is 1.81. The van der Waals surface area contributed by atoms with Crippen LogP contribution in [0.4, 0.5) is 0 Å². The Kier molecular flexibility index (Phi) is 4.12. The quantitative estimate of drug-likeness (QED) is 0.585. The summed E-state index contributed by atoms with van der Waals surface area (Å²) in [5.74, 6) is -2.02. The molecule has 1 aliphatic heterocycles. The van der Waals surface area contributed by atoms with Crippen LogP contribution >= 0.6 is 0 Å². The summed E-state index contributed by atoms with van der Waals surface area (Å²) in [5, 5.41) is 0. The summed E-state index contributed by atoms with van der Waals surface area (Å²) in [6.07, 6.45) is -1.54. The molecule has 0 spiro atoms. The molecule has 6 heteroatoms. The van der Waals surface area contributed by atoms with Crippen molar-refractivity contribution in [1.82, 2.24) is 0 Å². The normalized spacial score (nSPS) is 18.4. The summed E-state index contributed by atoms with van der Waals surface area (Å²) in [6.45, 7) is -0.302. The highest BCUT2D eigenvalue weighted by atomic mass is 16.6. The molecule has 2 rings (SSSR count). The molecule has 6 nitrogen and oxygen atoms in total. The van der Waals surface area contributed by atoms with Crippen LogP contribution in [0, 0.1) is 0 Å². The lowest BCUT2D eigenvalue weighted by molar-refractivity contribution is -0.187. The van der Waals surface area contributed by atoms with Crippen molar-refractivity contribution in [2.24, 2.45) is 0 Å². The summed E-state index contributed by atoms with van der Waals surface area (Å²) < 4.78 is 14.2. The molecule has 19 heavy (non-hydrogen) atoms. The molecule has 0 aromatic heterocycles. The standard InChI is InChI=1S/C13H12O6/c14-11(17-7-9-4-2-1-3-5-9)6-10-13(16)18-8-12(15)19-10/h1-5,10H,6-8H2/t10-/m0/s1. The Morgan fingerprint density at radius 1 is 1.26 bits per heavy atom. The maximum Gasteiger partial charge on any atom is 0.348 e. The number of hydrogen-bond acceptors (Lipinski definition) is 6. The summed E-state index contributed by atoms with van der Waals surface area (Å²) in [4.78, 5) is 33.7. The molecular weight excluding hydrogens is 252 g/mol. The fourth-order valence-electron chi connectivity index (χ4n) is 1.54. The minimum atomic E-state index is -1.20. The molecule has 0 amide bonds. The summed E-state index contributed by atoms with van der Waals surface area (Å²) in [5.41, 5.74) is 0.832. The van der Waals surface area contributed by atoms with E-state index in [-0.39, 0.29) is 13.0 Å². The molecule has 1 aromatic carbocycles. The van der Waals surface area contributed by atoms with Gasteiger partial charge in [0.1, 0.15) is 6.61 Å². The fourth-order valence-corrected chi connectivity index (χ4v) is 1.54. The van der Waals surface area contributed by atoms with Gasteiger partial charge in [-0.05, 0) is 5.56 Å². The van der Waals surface area contributed by atoms with Crippen molar-refractivity contribution in [2.45, 2.75) is 19.1 Å². The zero-order valence-electron chi connectivity index (χ0n) is 10.0. The van der Waals surface area contributed by atoms with Crippen molar-refractivity contribution >= 4 is 17.9 Å². The molecular formula is C13H12O6. The van der Waals surface area contributed by atoms with Gasteiger partial charge < -0.3 is 14.2 Å². The van der Waals surface area contributed by atoms with Crippen molar-refractivity contribution in [3.8, 4) is 0 Å². The summed E-state index contributed by atoms with van der Waals surface area (Å²) >= 11 is 0. The van der Waals surface area contributed by atoms with Gasteiger partial charge in [0.2, 0.25) is 6.10 Å². The first kappa shape index (κ1) is 13.1. The Hall–Kier alpha value is -2.37. The Morgan fingerprint density at radius 2 is 2.00 bits per heavy atom. The van der Waals surface area contributed by atoms with Crippen LogP contribution in [-0.2, 0) is 35.2 Å². The molecule has 0 N–H and O–H groups in total. The number of carbonyl (C=O) groups excluding carboxylic acids is 3. The van der Waals surface area contributed by atoms with Gasteiger partial charge in [-0.3, -0.25) is 4.79 Å². The van der Waals surface area contributed by atoms with E-state index in [4.69, 9.17) is 9.47 Å². The van der Waals surface area contributed by atoms with Crippen molar-refractivity contribution < 1.29 is 28.6 Å². The van der Waals surface area contributed by atoms with Crippen LogP contribution in [0.1, 0.15) is 12.0 Å². The van der Waals surface area contributed by atoms with Gasteiger partial charge in [-0.25, -0.2) is 9.59 Å². The van der Waals surface area contributed by atoms with E-state index in [1.807, 2.05) is 30.3 Å². The van der Waals surface area contributed by atoms with Gasteiger partial charge in [0.15, 0.2) is 6.61 Å². The zero-order valence-corrected chi connectivity index (χ0v) is 10.0. The van der Waals surface area contributed by atoms with E-state index in [0.29, 0.717) is 0 Å². The molecule has 1 heterocycles. The average molecular weight is 264 g/mol. The van der Waals surface area contributed by atoms with E-state index in [2.05, 4.69) is 4.74 Å². The molecule has 0 aliphatic carbocycles. The van der Waals surface area contributed by atoms with Crippen molar-refractivity contribution in [3.05, 3.63) is 35.9 Å². The number of hydrogen-bond donors (Lipinski definition) is 0. The summed E-state index contributed by atoms with van der Waals surface area (Å²) in [6, 6.07) is 9.11. The maximum absolute atomic E-state index is 11.5. The Bertz CT molecular complexity index is 481. The SMILES string of the molecule is O=C(C[C@@H]1OC(=O)COC1=O)OCc1ccccc1. The lowest BCUT2D eigenvalue weighted by Crippen LogP contribution is -2.39. The number of benzene rings is 1. The Labute approximate surface area is 109 Å².